The molecule has 2 fully saturated rings. The summed E-state index contributed by atoms with van der Waals surface area (Å²) in [5.74, 6) is -2.70. The van der Waals surface area contributed by atoms with Crippen LogP contribution in [0.25, 0.3) is 0 Å². The first-order valence-corrected chi connectivity index (χ1v) is 16.5. The van der Waals surface area contributed by atoms with Gasteiger partial charge in [-0.15, -0.1) is 0 Å². The van der Waals surface area contributed by atoms with Crippen LogP contribution in [0.1, 0.15) is 101 Å². The van der Waals surface area contributed by atoms with Crippen LogP contribution in [-0.2, 0) is 24.0 Å². The van der Waals surface area contributed by atoms with Gasteiger partial charge in [0.05, 0.1) is 6.04 Å². The zero-order valence-electron chi connectivity index (χ0n) is 29.1. The van der Waals surface area contributed by atoms with Crippen LogP contribution in [0.15, 0.2) is 0 Å². The Morgan fingerprint density at radius 1 is 0.867 bits per heavy atom. The number of rotatable bonds is 13. The summed E-state index contributed by atoms with van der Waals surface area (Å²) in [4.78, 5) is 82.4. The molecule has 5 N–H and O–H groups in total. The van der Waals surface area contributed by atoms with Gasteiger partial charge in [-0.3, -0.25) is 24.0 Å². The van der Waals surface area contributed by atoms with E-state index in [0.717, 1.165) is 19.3 Å². The first-order valence-electron chi connectivity index (χ1n) is 16.5. The second-order valence-electron chi connectivity index (χ2n) is 15.3. The molecule has 2 rings (SSSR count). The molecule has 1 aliphatic heterocycles. The Hall–Kier alpha value is -3.18. The molecule has 12 nitrogen and oxygen atoms in total. The van der Waals surface area contributed by atoms with Crippen molar-refractivity contribution in [1.29, 1.82) is 0 Å². The summed E-state index contributed by atoms with van der Waals surface area (Å²) in [6.45, 7) is 20.2. The van der Waals surface area contributed by atoms with Gasteiger partial charge in [-0.1, -0.05) is 74.7 Å². The molecule has 0 aromatic carbocycles. The Bertz CT molecular complexity index is 1100. The third-order valence-electron chi connectivity index (χ3n) is 9.38. The van der Waals surface area contributed by atoms with Gasteiger partial charge in [0, 0.05) is 19.6 Å². The van der Waals surface area contributed by atoms with Crippen LogP contribution in [0, 0.1) is 28.6 Å². The van der Waals surface area contributed by atoms with Crippen molar-refractivity contribution in [2.24, 2.45) is 34.3 Å². The molecule has 0 bridgehead atoms. The van der Waals surface area contributed by atoms with Gasteiger partial charge in [0.2, 0.25) is 23.5 Å². The number of Topliss-reactive ketones (excluding diaryl/α,β-unsaturated/α-hetero) is 1. The number of hydrogen-bond donors (Lipinski definition) is 4. The molecule has 256 valence electrons. The topological polar surface area (TPSA) is 171 Å². The van der Waals surface area contributed by atoms with E-state index in [1.165, 1.54) is 4.90 Å². The minimum Gasteiger partial charge on any atom is -0.363 e. The minimum absolute atomic E-state index is 0.00744. The van der Waals surface area contributed by atoms with E-state index >= 15 is 0 Å². The van der Waals surface area contributed by atoms with E-state index in [-0.39, 0.29) is 23.7 Å². The predicted octanol–water partition coefficient (Wildman–Crippen LogP) is 2.59. The summed E-state index contributed by atoms with van der Waals surface area (Å²) in [5, 5.41) is 8.40. The van der Waals surface area contributed by atoms with Gasteiger partial charge >= 0.3 is 6.03 Å². The number of carbonyl (C=O) groups is 6. The van der Waals surface area contributed by atoms with Crippen molar-refractivity contribution in [3.63, 3.8) is 0 Å². The summed E-state index contributed by atoms with van der Waals surface area (Å²) in [7, 11) is 0. The Morgan fingerprint density at radius 2 is 1.40 bits per heavy atom. The Morgan fingerprint density at radius 3 is 1.82 bits per heavy atom. The van der Waals surface area contributed by atoms with Crippen LogP contribution in [0.4, 0.5) is 4.79 Å². The molecule has 1 aliphatic carbocycles. The third-order valence-corrected chi connectivity index (χ3v) is 9.38. The molecule has 0 spiro atoms. The highest BCUT2D eigenvalue weighted by Gasteiger charge is 2.47. The van der Waals surface area contributed by atoms with E-state index in [1.54, 1.807) is 4.90 Å². The van der Waals surface area contributed by atoms with E-state index in [0.29, 0.717) is 32.5 Å². The monoisotopic (exact) mass is 634 g/mol. The van der Waals surface area contributed by atoms with E-state index in [1.807, 2.05) is 69.2 Å². The number of carbonyl (C=O) groups excluding carboxylic acids is 6. The number of hydrogen-bond acceptors (Lipinski definition) is 6. The number of likely N-dealkylation sites (N-methyl/N-ethyl adjacent to an activating group) is 1. The fourth-order valence-corrected chi connectivity index (χ4v) is 6.06. The molecule has 0 radical (unpaired) electrons. The molecule has 0 aromatic heterocycles. The molecule has 1 unspecified atom stereocenters. The van der Waals surface area contributed by atoms with Crippen molar-refractivity contribution in [2.45, 2.75) is 126 Å². The highest BCUT2D eigenvalue weighted by molar-refractivity contribution is 6.37. The number of likely N-dealkylation sites (tertiary alicyclic amines) is 1. The lowest BCUT2D eigenvalue weighted by molar-refractivity contribution is -0.143. The molecule has 2 aliphatic rings. The molecule has 6 amide bonds. The van der Waals surface area contributed by atoms with Crippen molar-refractivity contribution in [3.05, 3.63) is 0 Å². The summed E-state index contributed by atoms with van der Waals surface area (Å²) in [5.41, 5.74) is 3.96. The smallest absolute Gasteiger partial charge is 0.316 e. The lowest BCUT2D eigenvalue weighted by Gasteiger charge is -2.38. The lowest BCUT2D eigenvalue weighted by Crippen LogP contribution is -2.62. The molecular weight excluding hydrogens is 576 g/mol. The number of amides is 6. The minimum atomic E-state index is -1.10. The average Bonchev–Trinajstić information content (AvgIpc) is 3.36. The summed E-state index contributed by atoms with van der Waals surface area (Å²) >= 11 is 0. The Labute approximate surface area is 269 Å². The molecule has 45 heavy (non-hydrogen) atoms. The SMILES string of the molecule is CCN(CC)C(=O)[C@@H](NC(=O)N[C@H](C(=O)N1C[C@H](C(C)C)C[C@H]1C(=O)NC(CC1CCC1)C(=O)C(N)=O)C(C)(C)C)C(C)(C)C. The number of nitrogens with zero attached hydrogens (tertiary/aromatic N) is 2. The fourth-order valence-electron chi connectivity index (χ4n) is 6.06. The molecule has 1 heterocycles. The lowest BCUT2D eigenvalue weighted by atomic mass is 9.80. The van der Waals surface area contributed by atoms with Gasteiger partial charge in [-0.05, 0) is 55.3 Å². The van der Waals surface area contributed by atoms with Gasteiger partial charge in [0.15, 0.2) is 0 Å². The van der Waals surface area contributed by atoms with Crippen LogP contribution in [0.2, 0.25) is 0 Å². The quantitative estimate of drug-likeness (QED) is 0.227. The number of nitrogens with two attached hydrogens (primary N) is 1. The Kier molecular flexibility index (Phi) is 13.0. The van der Waals surface area contributed by atoms with Crippen LogP contribution in [-0.4, -0.2) is 89.0 Å². The molecule has 12 heteroatoms. The molecule has 5 atom stereocenters. The second-order valence-corrected chi connectivity index (χ2v) is 15.3. The number of urea groups is 1. The van der Waals surface area contributed by atoms with Crippen molar-refractivity contribution in [3.8, 4) is 0 Å². The number of nitrogens with one attached hydrogen (secondary N) is 3. The van der Waals surface area contributed by atoms with E-state index in [9.17, 15) is 28.8 Å². The molecule has 0 aromatic rings. The fraction of sp³-hybridized carbons (Fsp3) is 0.818. The van der Waals surface area contributed by atoms with Crippen LogP contribution < -0.4 is 21.7 Å². The van der Waals surface area contributed by atoms with E-state index in [2.05, 4.69) is 16.0 Å². The predicted molar refractivity (Wildman–Crippen MR) is 173 cm³/mol. The van der Waals surface area contributed by atoms with Crippen LogP contribution >= 0.6 is 0 Å². The number of ketones is 1. The second kappa shape index (κ2) is 15.4. The maximum Gasteiger partial charge on any atom is 0.316 e. The largest absolute Gasteiger partial charge is 0.363 e. The Balaban J connectivity index is 2.34. The summed E-state index contributed by atoms with van der Waals surface area (Å²) < 4.78 is 0. The summed E-state index contributed by atoms with van der Waals surface area (Å²) in [6.07, 6.45) is 3.57. The van der Waals surface area contributed by atoms with E-state index < -0.39 is 64.5 Å². The molecule has 1 saturated heterocycles. The van der Waals surface area contributed by atoms with Gasteiger partial charge in [0.25, 0.3) is 5.91 Å². The normalized spacial score (nSPS) is 20.9. The van der Waals surface area contributed by atoms with Gasteiger partial charge in [-0.2, -0.15) is 0 Å². The molecule has 1 saturated carbocycles. The van der Waals surface area contributed by atoms with Gasteiger partial charge in [-0.25, -0.2) is 4.79 Å². The number of primary amides is 1. The first-order chi connectivity index (χ1) is 20.7. The van der Waals surface area contributed by atoms with Crippen LogP contribution in [0.3, 0.4) is 0 Å². The van der Waals surface area contributed by atoms with Crippen LogP contribution in [0.5, 0.6) is 0 Å². The van der Waals surface area contributed by atoms with E-state index in [4.69, 9.17) is 5.73 Å². The maximum absolute atomic E-state index is 14.3. The standard InChI is InChI=1S/C33H58N6O6/c1-11-38(12-2)29(43)25(32(5,6)7)36-31(45)37-26(33(8,9)10)30(44)39-18-21(19(3)4)17-23(39)28(42)35-22(24(40)27(34)41)16-20-14-13-15-20/h19-23,25-26H,11-18H2,1-10H3,(H2,34,41)(H,35,42)(H2,36,37,45)/t21-,22?,23+,25-,26-/m1/s1. The molecular formula is C33H58N6O6. The zero-order valence-corrected chi connectivity index (χ0v) is 29.1. The maximum atomic E-state index is 14.3. The third kappa shape index (κ3) is 9.90. The van der Waals surface area contributed by atoms with Crippen molar-refractivity contribution in [2.75, 3.05) is 19.6 Å². The van der Waals surface area contributed by atoms with Crippen molar-refractivity contribution >= 4 is 35.4 Å². The van der Waals surface area contributed by atoms with Gasteiger partial charge < -0.3 is 31.5 Å². The van der Waals surface area contributed by atoms with Crippen molar-refractivity contribution < 1.29 is 28.8 Å². The van der Waals surface area contributed by atoms with Crippen molar-refractivity contribution in [1.82, 2.24) is 25.8 Å². The average molecular weight is 635 g/mol. The van der Waals surface area contributed by atoms with Gasteiger partial charge in [0.1, 0.15) is 18.1 Å². The zero-order chi connectivity index (χ0) is 34.4. The highest BCUT2D eigenvalue weighted by atomic mass is 16.2. The highest BCUT2D eigenvalue weighted by Crippen LogP contribution is 2.34. The first kappa shape index (κ1) is 38.0. The summed E-state index contributed by atoms with van der Waals surface area (Å²) in [6, 6.07) is -4.46.